The summed E-state index contributed by atoms with van der Waals surface area (Å²) in [6.07, 6.45) is 0. The maximum atomic E-state index is 9.60. The lowest BCUT2D eigenvalue weighted by Crippen LogP contribution is -1.84. The van der Waals surface area contributed by atoms with Gasteiger partial charge in [-0.25, -0.2) is 0 Å². The monoisotopic (exact) mass is 234 g/mol. The van der Waals surface area contributed by atoms with E-state index in [0.717, 1.165) is 11.1 Å². The Morgan fingerprint density at radius 2 is 1.56 bits per heavy atom. The van der Waals surface area contributed by atoms with Gasteiger partial charge in [0, 0.05) is 0 Å². The average molecular weight is 234 g/mol. The molecule has 3 aromatic carbocycles. The zero-order valence-electron chi connectivity index (χ0n) is 10.2. The van der Waals surface area contributed by atoms with E-state index >= 15 is 0 Å². The molecule has 0 radical (unpaired) electrons. The number of aryl methyl sites for hydroxylation is 1. The molecule has 0 fully saturated rings. The first-order chi connectivity index (χ1) is 8.75. The first kappa shape index (κ1) is 10.8. The molecule has 0 amide bonds. The van der Waals surface area contributed by atoms with Crippen LogP contribution in [0, 0.1) is 6.92 Å². The Morgan fingerprint density at radius 1 is 0.778 bits per heavy atom. The van der Waals surface area contributed by atoms with E-state index in [1.807, 2.05) is 18.2 Å². The van der Waals surface area contributed by atoms with Crippen LogP contribution in [0.3, 0.4) is 0 Å². The topological polar surface area (TPSA) is 20.2 Å². The van der Waals surface area contributed by atoms with Gasteiger partial charge in [0.2, 0.25) is 0 Å². The van der Waals surface area contributed by atoms with Crippen molar-refractivity contribution in [2.75, 3.05) is 0 Å². The largest absolute Gasteiger partial charge is 0.508 e. The van der Waals surface area contributed by atoms with Crippen molar-refractivity contribution >= 4 is 10.8 Å². The molecule has 88 valence electrons. The second-order valence-electron chi connectivity index (χ2n) is 4.53. The first-order valence-electron chi connectivity index (χ1n) is 6.03. The molecule has 0 heterocycles. The van der Waals surface area contributed by atoms with Crippen LogP contribution in [-0.4, -0.2) is 5.11 Å². The van der Waals surface area contributed by atoms with E-state index in [4.69, 9.17) is 0 Å². The average Bonchev–Trinajstić information content (AvgIpc) is 2.39. The molecule has 0 unspecified atom stereocenters. The second-order valence-corrected chi connectivity index (χ2v) is 4.53. The van der Waals surface area contributed by atoms with Crippen molar-refractivity contribution in [2.24, 2.45) is 0 Å². The van der Waals surface area contributed by atoms with E-state index in [9.17, 15) is 5.11 Å². The fourth-order valence-electron chi connectivity index (χ4n) is 2.37. The van der Waals surface area contributed by atoms with Crippen molar-refractivity contribution in [2.45, 2.75) is 6.92 Å². The molecule has 1 heteroatoms. The minimum atomic E-state index is 0.303. The smallest absolute Gasteiger partial charge is 0.116 e. The van der Waals surface area contributed by atoms with Gasteiger partial charge in [-0.3, -0.25) is 0 Å². The zero-order chi connectivity index (χ0) is 12.5. The quantitative estimate of drug-likeness (QED) is 0.656. The molecule has 1 nitrogen and oxygen atoms in total. The van der Waals surface area contributed by atoms with Gasteiger partial charge < -0.3 is 5.11 Å². The fourth-order valence-corrected chi connectivity index (χ4v) is 2.37. The molecule has 0 saturated heterocycles. The van der Waals surface area contributed by atoms with Gasteiger partial charge in [-0.2, -0.15) is 0 Å². The van der Waals surface area contributed by atoms with Gasteiger partial charge in [-0.05, 0) is 46.5 Å². The Labute approximate surface area is 106 Å². The Hall–Kier alpha value is -2.28. The summed E-state index contributed by atoms with van der Waals surface area (Å²) in [6, 6.07) is 20.0. The van der Waals surface area contributed by atoms with Gasteiger partial charge in [0.05, 0.1) is 0 Å². The van der Waals surface area contributed by atoms with Crippen LogP contribution in [0.25, 0.3) is 21.9 Å². The van der Waals surface area contributed by atoms with Crippen LogP contribution in [0.2, 0.25) is 0 Å². The molecule has 18 heavy (non-hydrogen) atoms. The number of rotatable bonds is 1. The number of hydrogen-bond acceptors (Lipinski definition) is 1. The molecule has 0 aliphatic carbocycles. The Morgan fingerprint density at radius 3 is 2.33 bits per heavy atom. The van der Waals surface area contributed by atoms with Crippen LogP contribution in [0.15, 0.2) is 60.7 Å². The molecule has 0 aliphatic heterocycles. The molecule has 0 atom stereocenters. The number of fused-ring (bicyclic) bond motifs is 1. The molecule has 0 aliphatic rings. The Kier molecular flexibility index (Phi) is 2.52. The number of phenolic OH excluding ortho intramolecular Hbond substituents is 1. The summed E-state index contributed by atoms with van der Waals surface area (Å²) >= 11 is 0. The summed E-state index contributed by atoms with van der Waals surface area (Å²) in [5, 5.41) is 12.1. The van der Waals surface area contributed by atoms with Gasteiger partial charge in [0.15, 0.2) is 0 Å². The summed E-state index contributed by atoms with van der Waals surface area (Å²) < 4.78 is 0. The lowest BCUT2D eigenvalue weighted by molar-refractivity contribution is 0.475. The normalized spacial score (nSPS) is 10.7. The third-order valence-electron chi connectivity index (χ3n) is 3.30. The van der Waals surface area contributed by atoms with Crippen molar-refractivity contribution in [1.29, 1.82) is 0 Å². The predicted molar refractivity (Wildman–Crippen MR) is 75.8 cm³/mol. The van der Waals surface area contributed by atoms with Crippen LogP contribution < -0.4 is 0 Å². The summed E-state index contributed by atoms with van der Waals surface area (Å²) in [4.78, 5) is 0. The van der Waals surface area contributed by atoms with Crippen LogP contribution in [-0.2, 0) is 0 Å². The van der Waals surface area contributed by atoms with Gasteiger partial charge >= 0.3 is 0 Å². The Bertz CT molecular complexity index is 714. The molecule has 1 N–H and O–H groups in total. The maximum Gasteiger partial charge on any atom is 0.116 e. The van der Waals surface area contributed by atoms with Crippen LogP contribution in [0.5, 0.6) is 5.75 Å². The van der Waals surface area contributed by atoms with Gasteiger partial charge in [0.1, 0.15) is 5.75 Å². The van der Waals surface area contributed by atoms with E-state index in [2.05, 4.69) is 37.3 Å². The number of aromatic hydroxyl groups is 1. The minimum Gasteiger partial charge on any atom is -0.508 e. The summed E-state index contributed by atoms with van der Waals surface area (Å²) in [5.41, 5.74) is 3.48. The van der Waals surface area contributed by atoms with Crippen LogP contribution >= 0.6 is 0 Å². The molecule has 0 aromatic heterocycles. The lowest BCUT2D eigenvalue weighted by atomic mass is 9.95. The molecule has 0 bridgehead atoms. The third kappa shape index (κ3) is 1.74. The summed E-state index contributed by atoms with van der Waals surface area (Å²) in [7, 11) is 0. The lowest BCUT2D eigenvalue weighted by Gasteiger charge is -2.09. The van der Waals surface area contributed by atoms with E-state index in [1.54, 1.807) is 12.1 Å². The minimum absolute atomic E-state index is 0.303. The summed E-state index contributed by atoms with van der Waals surface area (Å²) in [5.74, 6) is 0.303. The van der Waals surface area contributed by atoms with E-state index in [0.29, 0.717) is 5.75 Å². The van der Waals surface area contributed by atoms with Gasteiger partial charge in [0.25, 0.3) is 0 Å². The standard InChI is InChI=1S/C17H14O/c1-12-9-10-16(13-5-4-6-14(18)11-13)17-8-3-2-7-15(12)17/h2-11,18H,1H3. The highest BCUT2D eigenvalue weighted by Crippen LogP contribution is 2.31. The van der Waals surface area contributed by atoms with E-state index in [-0.39, 0.29) is 0 Å². The maximum absolute atomic E-state index is 9.60. The highest BCUT2D eigenvalue weighted by Gasteiger charge is 2.05. The van der Waals surface area contributed by atoms with Crippen LogP contribution in [0.4, 0.5) is 0 Å². The number of benzene rings is 3. The molecule has 0 spiro atoms. The van der Waals surface area contributed by atoms with Crippen molar-refractivity contribution in [3.63, 3.8) is 0 Å². The SMILES string of the molecule is Cc1ccc(-c2cccc(O)c2)c2ccccc12. The number of hydrogen-bond donors (Lipinski definition) is 1. The van der Waals surface area contributed by atoms with Gasteiger partial charge in [-0.15, -0.1) is 0 Å². The van der Waals surface area contributed by atoms with Crippen molar-refractivity contribution in [3.05, 3.63) is 66.2 Å². The molecule has 3 rings (SSSR count). The summed E-state index contributed by atoms with van der Waals surface area (Å²) in [6.45, 7) is 2.12. The molecule has 0 saturated carbocycles. The van der Waals surface area contributed by atoms with Crippen molar-refractivity contribution in [1.82, 2.24) is 0 Å². The van der Waals surface area contributed by atoms with E-state index < -0.39 is 0 Å². The third-order valence-corrected chi connectivity index (χ3v) is 3.30. The fraction of sp³-hybridized carbons (Fsp3) is 0.0588. The molecule has 3 aromatic rings. The first-order valence-corrected chi connectivity index (χ1v) is 6.03. The van der Waals surface area contributed by atoms with E-state index in [1.165, 1.54) is 16.3 Å². The number of phenols is 1. The van der Waals surface area contributed by atoms with Crippen LogP contribution in [0.1, 0.15) is 5.56 Å². The second kappa shape index (κ2) is 4.19. The zero-order valence-corrected chi connectivity index (χ0v) is 10.2. The Balaban J connectivity index is 2.33. The molecular formula is C17H14O. The van der Waals surface area contributed by atoms with Crippen molar-refractivity contribution < 1.29 is 5.11 Å². The van der Waals surface area contributed by atoms with Crippen molar-refractivity contribution in [3.8, 4) is 16.9 Å². The molecular weight excluding hydrogens is 220 g/mol. The van der Waals surface area contributed by atoms with Gasteiger partial charge in [-0.1, -0.05) is 48.5 Å². The predicted octanol–water partition coefficient (Wildman–Crippen LogP) is 4.52. The highest BCUT2D eigenvalue weighted by atomic mass is 16.3. The highest BCUT2D eigenvalue weighted by molar-refractivity contribution is 5.98.